The van der Waals surface area contributed by atoms with Gasteiger partial charge in [0, 0.05) is 23.2 Å². The highest BCUT2D eigenvalue weighted by Gasteiger charge is 2.38. The minimum Gasteiger partial charge on any atom is -0.207 e. The maximum absolute atomic E-state index is 14.0. The van der Waals surface area contributed by atoms with Crippen LogP contribution >= 0.6 is 11.6 Å². The number of rotatable bonds is 5. The van der Waals surface area contributed by atoms with Crippen LogP contribution in [0.2, 0.25) is 5.02 Å². The van der Waals surface area contributed by atoms with Crippen molar-refractivity contribution >= 4 is 21.6 Å². The van der Waals surface area contributed by atoms with Crippen LogP contribution in [0.5, 0.6) is 0 Å². The van der Waals surface area contributed by atoms with E-state index in [2.05, 4.69) is 0 Å². The second kappa shape index (κ2) is 6.52. The third-order valence-electron chi connectivity index (χ3n) is 3.92. The van der Waals surface area contributed by atoms with Crippen molar-refractivity contribution in [3.05, 3.63) is 64.4 Å². The van der Waals surface area contributed by atoms with Gasteiger partial charge in [-0.2, -0.15) is 9.57 Å². The number of hydrogen-bond donors (Lipinski definition) is 0. The normalized spacial score (nSPS) is 14.6. The first-order chi connectivity index (χ1) is 11.4. The average Bonchev–Trinajstić information content (AvgIpc) is 3.39. The lowest BCUT2D eigenvalue weighted by Crippen LogP contribution is -2.33. The van der Waals surface area contributed by atoms with Gasteiger partial charge in [-0.1, -0.05) is 17.7 Å². The fourth-order valence-corrected chi connectivity index (χ4v) is 4.32. The highest BCUT2D eigenvalue weighted by molar-refractivity contribution is 7.89. The molecule has 0 heterocycles. The maximum Gasteiger partial charge on any atom is 0.243 e. The maximum atomic E-state index is 14.0. The summed E-state index contributed by atoms with van der Waals surface area (Å²) in [7, 11) is -3.80. The molecule has 1 aliphatic rings. The molecule has 124 valence electrons. The number of nitriles is 1. The van der Waals surface area contributed by atoms with Gasteiger partial charge < -0.3 is 0 Å². The molecule has 1 saturated carbocycles. The molecule has 0 spiro atoms. The molecule has 0 unspecified atom stereocenters. The van der Waals surface area contributed by atoms with Crippen molar-refractivity contribution in [1.82, 2.24) is 4.31 Å². The molecule has 0 atom stereocenters. The molecule has 0 aliphatic heterocycles. The van der Waals surface area contributed by atoms with Crippen LogP contribution in [0.4, 0.5) is 4.39 Å². The summed E-state index contributed by atoms with van der Waals surface area (Å²) < 4.78 is 41.2. The Morgan fingerprint density at radius 1 is 1.21 bits per heavy atom. The Kier molecular flexibility index (Phi) is 4.59. The van der Waals surface area contributed by atoms with Crippen molar-refractivity contribution in [2.24, 2.45) is 0 Å². The van der Waals surface area contributed by atoms with Crippen molar-refractivity contribution < 1.29 is 12.8 Å². The lowest BCUT2D eigenvalue weighted by molar-refractivity contribution is 0.391. The fourth-order valence-electron chi connectivity index (χ4n) is 2.45. The number of halogens is 2. The van der Waals surface area contributed by atoms with E-state index in [4.69, 9.17) is 16.9 Å². The van der Waals surface area contributed by atoms with E-state index in [1.165, 1.54) is 40.7 Å². The van der Waals surface area contributed by atoms with Gasteiger partial charge in [-0.25, -0.2) is 12.8 Å². The van der Waals surface area contributed by atoms with E-state index in [1.54, 1.807) is 6.07 Å². The van der Waals surface area contributed by atoms with E-state index in [9.17, 15) is 12.8 Å². The summed E-state index contributed by atoms with van der Waals surface area (Å²) in [5.41, 5.74) is 0.548. The molecule has 4 nitrogen and oxygen atoms in total. The molecule has 2 aromatic carbocycles. The van der Waals surface area contributed by atoms with Crippen molar-refractivity contribution in [3.8, 4) is 6.07 Å². The Hall–Kier alpha value is -1.94. The topological polar surface area (TPSA) is 61.2 Å². The first kappa shape index (κ1) is 16.9. The average molecular weight is 365 g/mol. The summed E-state index contributed by atoms with van der Waals surface area (Å²) in [6, 6.07) is 11.8. The predicted molar refractivity (Wildman–Crippen MR) is 88.3 cm³/mol. The van der Waals surface area contributed by atoms with Crippen LogP contribution in [0, 0.1) is 17.1 Å². The SMILES string of the molecule is N#Cc1ccc(S(=O)(=O)N(Cc2c(F)cccc2Cl)C2CC2)cc1. The quantitative estimate of drug-likeness (QED) is 0.812. The lowest BCUT2D eigenvalue weighted by Gasteiger charge is -2.23. The number of nitrogens with zero attached hydrogens (tertiary/aromatic N) is 2. The Morgan fingerprint density at radius 3 is 2.42 bits per heavy atom. The monoisotopic (exact) mass is 364 g/mol. The summed E-state index contributed by atoms with van der Waals surface area (Å²) in [6.45, 7) is -0.113. The second-order valence-electron chi connectivity index (χ2n) is 5.62. The minimum absolute atomic E-state index is 0.0841. The zero-order valence-corrected chi connectivity index (χ0v) is 14.2. The zero-order valence-electron chi connectivity index (χ0n) is 12.6. The van der Waals surface area contributed by atoms with Crippen LogP contribution in [0.3, 0.4) is 0 Å². The second-order valence-corrected chi connectivity index (χ2v) is 7.92. The summed E-state index contributed by atoms with van der Waals surface area (Å²) >= 11 is 6.04. The fraction of sp³-hybridized carbons (Fsp3) is 0.235. The predicted octanol–water partition coefficient (Wildman–Crippen LogP) is 3.70. The van der Waals surface area contributed by atoms with Gasteiger partial charge in [0.2, 0.25) is 10.0 Å². The zero-order chi connectivity index (χ0) is 17.3. The smallest absolute Gasteiger partial charge is 0.207 e. The molecule has 0 bridgehead atoms. The van der Waals surface area contributed by atoms with Crippen LogP contribution in [0.25, 0.3) is 0 Å². The van der Waals surface area contributed by atoms with Gasteiger partial charge in [0.05, 0.1) is 16.5 Å². The van der Waals surface area contributed by atoms with Crippen LogP contribution in [-0.2, 0) is 16.6 Å². The molecule has 7 heteroatoms. The van der Waals surface area contributed by atoms with Crippen LogP contribution in [0.1, 0.15) is 24.0 Å². The Morgan fingerprint density at radius 2 is 1.88 bits per heavy atom. The van der Waals surface area contributed by atoms with Gasteiger partial charge in [-0.15, -0.1) is 0 Å². The number of benzene rings is 2. The van der Waals surface area contributed by atoms with E-state index in [0.29, 0.717) is 5.56 Å². The number of hydrogen-bond acceptors (Lipinski definition) is 3. The van der Waals surface area contributed by atoms with Gasteiger partial charge in [-0.3, -0.25) is 0 Å². The van der Waals surface area contributed by atoms with E-state index in [-0.39, 0.29) is 28.1 Å². The standard InChI is InChI=1S/C17H14ClFN2O2S/c18-16-2-1-3-17(19)15(16)11-21(13-6-7-13)24(22,23)14-8-4-12(10-20)5-9-14/h1-5,8-9,13H,6-7,11H2. The molecule has 0 aromatic heterocycles. The largest absolute Gasteiger partial charge is 0.243 e. The Labute approximate surface area is 145 Å². The molecule has 0 radical (unpaired) electrons. The third kappa shape index (κ3) is 3.29. The van der Waals surface area contributed by atoms with Gasteiger partial charge in [-0.05, 0) is 49.2 Å². The molecule has 1 fully saturated rings. The molecule has 3 rings (SSSR count). The van der Waals surface area contributed by atoms with Gasteiger partial charge >= 0.3 is 0 Å². The Bertz CT molecular complexity index is 883. The van der Waals surface area contributed by atoms with Crippen LogP contribution < -0.4 is 0 Å². The first-order valence-corrected chi connectivity index (χ1v) is 9.20. The van der Waals surface area contributed by atoms with Crippen molar-refractivity contribution in [3.63, 3.8) is 0 Å². The lowest BCUT2D eigenvalue weighted by atomic mass is 10.2. The molecule has 0 N–H and O–H groups in total. The van der Waals surface area contributed by atoms with E-state index >= 15 is 0 Å². The summed E-state index contributed by atoms with van der Waals surface area (Å²) in [5, 5.41) is 9.03. The van der Waals surface area contributed by atoms with Gasteiger partial charge in [0.15, 0.2) is 0 Å². The Balaban J connectivity index is 1.97. The first-order valence-electron chi connectivity index (χ1n) is 7.38. The molecule has 0 amide bonds. The molecular weight excluding hydrogens is 351 g/mol. The summed E-state index contributed by atoms with van der Waals surface area (Å²) in [6.07, 6.45) is 1.48. The summed E-state index contributed by atoms with van der Waals surface area (Å²) in [4.78, 5) is 0.0841. The van der Waals surface area contributed by atoms with Gasteiger partial charge in [0.1, 0.15) is 5.82 Å². The highest BCUT2D eigenvalue weighted by atomic mass is 35.5. The van der Waals surface area contributed by atoms with Crippen LogP contribution in [-0.4, -0.2) is 18.8 Å². The van der Waals surface area contributed by atoms with E-state index in [1.807, 2.05) is 6.07 Å². The van der Waals surface area contributed by atoms with Crippen molar-refractivity contribution in [2.45, 2.75) is 30.3 Å². The minimum atomic E-state index is -3.80. The van der Waals surface area contributed by atoms with Crippen molar-refractivity contribution in [2.75, 3.05) is 0 Å². The van der Waals surface area contributed by atoms with E-state index in [0.717, 1.165) is 12.8 Å². The third-order valence-corrected chi connectivity index (χ3v) is 6.19. The van der Waals surface area contributed by atoms with Gasteiger partial charge in [0.25, 0.3) is 0 Å². The number of sulfonamides is 1. The molecule has 1 aliphatic carbocycles. The van der Waals surface area contributed by atoms with Crippen molar-refractivity contribution in [1.29, 1.82) is 5.26 Å². The molecule has 2 aromatic rings. The van der Waals surface area contributed by atoms with E-state index < -0.39 is 15.8 Å². The summed E-state index contributed by atoms with van der Waals surface area (Å²) in [5.74, 6) is -0.525. The molecule has 0 saturated heterocycles. The molecular formula is C17H14ClFN2O2S. The van der Waals surface area contributed by atoms with Crippen LogP contribution in [0.15, 0.2) is 47.4 Å². The molecule has 24 heavy (non-hydrogen) atoms. The highest BCUT2D eigenvalue weighted by Crippen LogP contribution is 2.35.